The number of aryl methyl sites for hydroxylation is 1. The van der Waals surface area contributed by atoms with E-state index >= 15 is 0 Å². The molecule has 0 bridgehead atoms. The van der Waals surface area contributed by atoms with Gasteiger partial charge in [-0.05, 0) is 43.0 Å². The summed E-state index contributed by atoms with van der Waals surface area (Å²) in [6.45, 7) is 4.26. The third kappa shape index (κ3) is 3.60. The smallest absolute Gasteiger partial charge is 0.251 e. The van der Waals surface area contributed by atoms with Gasteiger partial charge in [-0.3, -0.25) is 9.48 Å². The first-order valence-electron chi connectivity index (χ1n) is 7.37. The van der Waals surface area contributed by atoms with Crippen molar-refractivity contribution in [1.29, 1.82) is 0 Å². The number of nitrogens with zero attached hydrogens (tertiary/aromatic N) is 2. The third-order valence-corrected chi connectivity index (χ3v) is 3.73. The summed E-state index contributed by atoms with van der Waals surface area (Å²) in [5.74, 6) is -0.000530. The van der Waals surface area contributed by atoms with E-state index in [0.717, 1.165) is 41.8 Å². The van der Waals surface area contributed by atoms with Crippen molar-refractivity contribution in [3.63, 3.8) is 0 Å². The summed E-state index contributed by atoms with van der Waals surface area (Å²) in [7, 11) is 0. The molecule has 5 nitrogen and oxygen atoms in total. The van der Waals surface area contributed by atoms with E-state index in [2.05, 4.69) is 15.7 Å². The summed E-state index contributed by atoms with van der Waals surface area (Å²) in [6.07, 6.45) is 5.83. The number of nitrogens with one attached hydrogen (secondary N) is 2. The second-order valence-electron chi connectivity index (χ2n) is 5.40. The lowest BCUT2D eigenvalue weighted by molar-refractivity contribution is 0.0951. The van der Waals surface area contributed by atoms with E-state index in [0.29, 0.717) is 13.1 Å². The van der Waals surface area contributed by atoms with Gasteiger partial charge in [0.1, 0.15) is 0 Å². The zero-order chi connectivity index (χ0) is 14.7. The van der Waals surface area contributed by atoms with Crippen molar-refractivity contribution in [2.75, 3.05) is 18.4 Å². The average Bonchev–Trinajstić information content (AvgIpc) is 2.92. The van der Waals surface area contributed by atoms with Crippen LogP contribution >= 0.6 is 12.4 Å². The molecule has 1 aliphatic rings. The first-order chi connectivity index (χ1) is 10.2. The fourth-order valence-corrected chi connectivity index (χ4v) is 2.69. The molecule has 3 rings (SSSR count). The van der Waals surface area contributed by atoms with E-state index in [-0.39, 0.29) is 18.3 Å². The summed E-state index contributed by atoms with van der Waals surface area (Å²) in [6, 6.07) is 5.87. The van der Waals surface area contributed by atoms with E-state index in [1.54, 1.807) is 0 Å². The molecule has 0 unspecified atom stereocenters. The van der Waals surface area contributed by atoms with Gasteiger partial charge in [-0.1, -0.05) is 6.07 Å². The summed E-state index contributed by atoms with van der Waals surface area (Å²) in [4.78, 5) is 12.3. The molecule has 22 heavy (non-hydrogen) atoms. The Morgan fingerprint density at radius 3 is 3.09 bits per heavy atom. The summed E-state index contributed by atoms with van der Waals surface area (Å²) < 4.78 is 1.84. The lowest BCUT2D eigenvalue weighted by atomic mass is 9.97. The SMILES string of the molecule is Cc1cnn(CCNC(=O)c2cccc3c2CCCN3)c1.Cl. The largest absolute Gasteiger partial charge is 0.385 e. The molecular formula is C16H21ClN4O. The van der Waals surface area contributed by atoms with Crippen molar-refractivity contribution < 1.29 is 4.79 Å². The first-order valence-corrected chi connectivity index (χ1v) is 7.37. The second-order valence-corrected chi connectivity index (χ2v) is 5.40. The normalized spacial score (nSPS) is 12.8. The van der Waals surface area contributed by atoms with Gasteiger partial charge in [0.15, 0.2) is 0 Å². The molecule has 2 aromatic rings. The van der Waals surface area contributed by atoms with Crippen LogP contribution in [0.15, 0.2) is 30.6 Å². The summed E-state index contributed by atoms with van der Waals surface area (Å²) >= 11 is 0. The fraction of sp³-hybridized carbons (Fsp3) is 0.375. The quantitative estimate of drug-likeness (QED) is 0.909. The Morgan fingerprint density at radius 2 is 2.32 bits per heavy atom. The Kier molecular flexibility index (Phi) is 5.44. The molecule has 0 fully saturated rings. The third-order valence-electron chi connectivity index (χ3n) is 3.73. The number of benzene rings is 1. The molecule has 1 aromatic carbocycles. The zero-order valence-electron chi connectivity index (χ0n) is 12.6. The molecule has 1 amide bonds. The van der Waals surface area contributed by atoms with Crippen LogP contribution in [0.4, 0.5) is 5.69 Å². The molecule has 2 heterocycles. The minimum atomic E-state index is -0.000530. The van der Waals surface area contributed by atoms with Crippen LogP contribution in [0.3, 0.4) is 0 Å². The maximum Gasteiger partial charge on any atom is 0.251 e. The number of carbonyl (C=O) groups is 1. The predicted octanol–water partition coefficient (Wildman–Crippen LogP) is 2.40. The fourth-order valence-electron chi connectivity index (χ4n) is 2.69. The number of rotatable bonds is 4. The van der Waals surface area contributed by atoms with E-state index in [4.69, 9.17) is 0 Å². The first kappa shape index (κ1) is 16.4. The Hall–Kier alpha value is -2.01. The van der Waals surface area contributed by atoms with Gasteiger partial charge in [0.05, 0.1) is 12.7 Å². The molecule has 118 valence electrons. The molecule has 0 radical (unpaired) electrons. The number of halogens is 1. The number of amides is 1. The van der Waals surface area contributed by atoms with Crippen molar-refractivity contribution in [3.8, 4) is 0 Å². The molecule has 1 aliphatic heterocycles. The number of aromatic nitrogens is 2. The van der Waals surface area contributed by atoms with E-state index in [9.17, 15) is 4.79 Å². The molecule has 2 N–H and O–H groups in total. The Morgan fingerprint density at radius 1 is 1.45 bits per heavy atom. The lowest BCUT2D eigenvalue weighted by Crippen LogP contribution is -2.29. The van der Waals surface area contributed by atoms with Gasteiger partial charge in [0.2, 0.25) is 0 Å². The van der Waals surface area contributed by atoms with Crippen LogP contribution in [0.5, 0.6) is 0 Å². The standard InChI is InChI=1S/C16H20N4O.ClH/c1-12-10-19-20(11-12)9-8-18-16(21)14-4-2-6-15-13(14)5-3-7-17-15;/h2,4,6,10-11,17H,3,5,7-9H2,1H3,(H,18,21);1H. The van der Waals surface area contributed by atoms with Gasteiger partial charge < -0.3 is 10.6 Å². The molecule has 0 spiro atoms. The highest BCUT2D eigenvalue weighted by Crippen LogP contribution is 2.25. The molecular weight excluding hydrogens is 300 g/mol. The lowest BCUT2D eigenvalue weighted by Gasteiger charge is -2.20. The highest BCUT2D eigenvalue weighted by Gasteiger charge is 2.16. The highest BCUT2D eigenvalue weighted by molar-refractivity contribution is 5.97. The maximum atomic E-state index is 12.3. The summed E-state index contributed by atoms with van der Waals surface area (Å²) in [5, 5.41) is 10.5. The monoisotopic (exact) mass is 320 g/mol. The molecule has 0 saturated carbocycles. The van der Waals surface area contributed by atoms with Gasteiger partial charge in [0, 0.05) is 30.5 Å². The van der Waals surface area contributed by atoms with Crippen LogP contribution in [0.1, 0.15) is 27.9 Å². The molecule has 6 heteroatoms. The highest BCUT2D eigenvalue weighted by atomic mass is 35.5. The van der Waals surface area contributed by atoms with Crippen LogP contribution in [0, 0.1) is 6.92 Å². The Bertz CT molecular complexity index is 653. The van der Waals surface area contributed by atoms with E-state index in [1.165, 1.54) is 0 Å². The van der Waals surface area contributed by atoms with Gasteiger partial charge in [-0.15, -0.1) is 12.4 Å². The Balaban J connectivity index is 0.00000176. The molecule has 1 aromatic heterocycles. The van der Waals surface area contributed by atoms with Crippen LogP contribution in [-0.4, -0.2) is 28.8 Å². The van der Waals surface area contributed by atoms with E-state index in [1.807, 2.05) is 42.2 Å². The van der Waals surface area contributed by atoms with Crippen LogP contribution in [-0.2, 0) is 13.0 Å². The average molecular weight is 321 g/mol. The number of hydrogen-bond donors (Lipinski definition) is 2. The molecule has 0 saturated heterocycles. The van der Waals surface area contributed by atoms with Crippen LogP contribution < -0.4 is 10.6 Å². The maximum absolute atomic E-state index is 12.3. The zero-order valence-corrected chi connectivity index (χ0v) is 13.4. The minimum Gasteiger partial charge on any atom is -0.385 e. The molecule has 0 aliphatic carbocycles. The van der Waals surface area contributed by atoms with Crippen molar-refractivity contribution >= 4 is 24.0 Å². The van der Waals surface area contributed by atoms with Crippen molar-refractivity contribution in [3.05, 3.63) is 47.3 Å². The van der Waals surface area contributed by atoms with Crippen molar-refractivity contribution in [2.24, 2.45) is 0 Å². The van der Waals surface area contributed by atoms with Crippen LogP contribution in [0.2, 0.25) is 0 Å². The molecule has 0 atom stereocenters. The van der Waals surface area contributed by atoms with Gasteiger partial charge >= 0.3 is 0 Å². The number of fused-ring (bicyclic) bond motifs is 1. The second kappa shape index (κ2) is 7.31. The Labute approximate surface area is 136 Å². The van der Waals surface area contributed by atoms with Gasteiger partial charge in [0.25, 0.3) is 5.91 Å². The van der Waals surface area contributed by atoms with Crippen molar-refractivity contribution in [1.82, 2.24) is 15.1 Å². The summed E-state index contributed by atoms with van der Waals surface area (Å²) in [5.41, 5.74) is 4.15. The van der Waals surface area contributed by atoms with Gasteiger partial charge in [-0.25, -0.2) is 0 Å². The number of carbonyl (C=O) groups excluding carboxylic acids is 1. The topological polar surface area (TPSA) is 59.0 Å². The van der Waals surface area contributed by atoms with E-state index < -0.39 is 0 Å². The number of anilines is 1. The predicted molar refractivity (Wildman–Crippen MR) is 89.8 cm³/mol. The van der Waals surface area contributed by atoms with Crippen molar-refractivity contribution in [2.45, 2.75) is 26.3 Å². The number of hydrogen-bond acceptors (Lipinski definition) is 3. The minimum absolute atomic E-state index is 0. The van der Waals surface area contributed by atoms with Crippen LogP contribution in [0.25, 0.3) is 0 Å². The van der Waals surface area contributed by atoms with Gasteiger partial charge in [-0.2, -0.15) is 5.10 Å².